The van der Waals surface area contributed by atoms with E-state index in [0.29, 0.717) is 5.92 Å². The molecule has 0 radical (unpaired) electrons. The molecule has 0 aromatic carbocycles. The highest BCUT2D eigenvalue weighted by molar-refractivity contribution is 4.80. The molecule has 2 unspecified atom stereocenters. The molecule has 2 atom stereocenters. The van der Waals surface area contributed by atoms with Crippen LogP contribution < -0.4 is 0 Å². The van der Waals surface area contributed by atoms with Gasteiger partial charge in [0.15, 0.2) is 0 Å². The molecule has 1 rings (SSSR count). The van der Waals surface area contributed by atoms with Gasteiger partial charge in [-0.3, -0.25) is 4.90 Å². The molecule has 108 valence electrons. The monoisotopic (exact) mass is 255 g/mol. The van der Waals surface area contributed by atoms with Gasteiger partial charge in [-0.15, -0.1) is 0 Å². The fourth-order valence-corrected chi connectivity index (χ4v) is 2.81. The molecule has 1 aliphatic rings. The molecule has 0 aliphatic heterocycles. The highest BCUT2D eigenvalue weighted by Gasteiger charge is 2.25. The molecule has 0 spiro atoms. The zero-order valence-corrected chi connectivity index (χ0v) is 12.9. The van der Waals surface area contributed by atoms with Crippen LogP contribution in [0.5, 0.6) is 0 Å². The Labute approximate surface area is 114 Å². The summed E-state index contributed by atoms with van der Waals surface area (Å²) in [5.74, 6) is 1.18. The van der Waals surface area contributed by atoms with Crippen LogP contribution in [-0.4, -0.2) is 35.2 Å². The fourth-order valence-electron chi connectivity index (χ4n) is 2.81. The maximum Gasteiger partial charge on any atom is 0.0692 e. The first-order valence-corrected chi connectivity index (χ1v) is 7.96. The Hall–Kier alpha value is -0.0800. The highest BCUT2D eigenvalue weighted by Crippen LogP contribution is 2.25. The van der Waals surface area contributed by atoms with Crippen molar-refractivity contribution < 1.29 is 5.11 Å². The summed E-state index contributed by atoms with van der Waals surface area (Å²) in [7, 11) is 0. The maximum absolute atomic E-state index is 10.3. The van der Waals surface area contributed by atoms with Crippen molar-refractivity contribution in [1.29, 1.82) is 0 Å². The molecule has 1 aliphatic carbocycles. The predicted molar refractivity (Wildman–Crippen MR) is 78.7 cm³/mol. The number of aliphatic hydroxyl groups is 1. The summed E-state index contributed by atoms with van der Waals surface area (Å²) < 4.78 is 0. The number of nitrogens with zero attached hydrogens (tertiary/aromatic N) is 1. The van der Waals surface area contributed by atoms with Crippen LogP contribution in [0.2, 0.25) is 0 Å². The summed E-state index contributed by atoms with van der Waals surface area (Å²) in [5.41, 5.74) is 0. The van der Waals surface area contributed by atoms with Gasteiger partial charge in [0.05, 0.1) is 6.10 Å². The highest BCUT2D eigenvalue weighted by atomic mass is 16.3. The molecular formula is C16H33NO. The second-order valence-electron chi connectivity index (χ2n) is 6.57. The Morgan fingerprint density at radius 3 is 2.28 bits per heavy atom. The minimum absolute atomic E-state index is 0.150. The van der Waals surface area contributed by atoms with E-state index in [0.717, 1.165) is 31.5 Å². The van der Waals surface area contributed by atoms with Crippen LogP contribution in [0.1, 0.15) is 66.2 Å². The van der Waals surface area contributed by atoms with Gasteiger partial charge in [-0.05, 0) is 37.6 Å². The predicted octanol–water partition coefficient (Wildman–Crippen LogP) is 3.68. The third-order valence-electron chi connectivity index (χ3n) is 4.56. The fraction of sp³-hybridized carbons (Fsp3) is 1.00. The molecule has 0 amide bonds. The van der Waals surface area contributed by atoms with E-state index in [1.165, 1.54) is 32.1 Å². The molecule has 0 aromatic heterocycles. The first kappa shape index (κ1) is 16.0. The summed E-state index contributed by atoms with van der Waals surface area (Å²) in [6, 6.07) is 0.738. The Kier molecular flexibility index (Phi) is 7.25. The van der Waals surface area contributed by atoms with Gasteiger partial charge in [-0.2, -0.15) is 0 Å². The Morgan fingerprint density at radius 2 is 1.78 bits per heavy atom. The van der Waals surface area contributed by atoms with Crippen molar-refractivity contribution in [2.45, 2.75) is 78.4 Å². The van der Waals surface area contributed by atoms with Crippen LogP contribution >= 0.6 is 0 Å². The van der Waals surface area contributed by atoms with Crippen molar-refractivity contribution in [3.05, 3.63) is 0 Å². The first-order valence-electron chi connectivity index (χ1n) is 7.96. The quantitative estimate of drug-likeness (QED) is 0.715. The standard InChI is InChI=1S/C16H33NO/c1-5-14(4)16(18)12-17(11-10-13(2)3)15-8-6-7-9-15/h13-16,18H,5-12H2,1-4H3. The smallest absolute Gasteiger partial charge is 0.0692 e. The molecular weight excluding hydrogens is 222 g/mol. The molecule has 1 N–H and O–H groups in total. The summed E-state index contributed by atoms with van der Waals surface area (Å²) in [5, 5.41) is 10.3. The Morgan fingerprint density at radius 1 is 1.17 bits per heavy atom. The zero-order valence-electron chi connectivity index (χ0n) is 12.9. The molecule has 0 heterocycles. The lowest BCUT2D eigenvalue weighted by molar-refractivity contribution is 0.0493. The van der Waals surface area contributed by atoms with Crippen LogP contribution in [-0.2, 0) is 0 Å². The normalized spacial score (nSPS) is 20.8. The summed E-state index contributed by atoms with van der Waals surface area (Å²) in [6.07, 6.45) is 7.61. The lowest BCUT2D eigenvalue weighted by atomic mass is 10.00. The minimum atomic E-state index is -0.150. The maximum atomic E-state index is 10.3. The molecule has 0 bridgehead atoms. The molecule has 18 heavy (non-hydrogen) atoms. The van der Waals surface area contributed by atoms with Crippen molar-refractivity contribution in [3.8, 4) is 0 Å². The number of hydrogen-bond donors (Lipinski definition) is 1. The van der Waals surface area contributed by atoms with E-state index in [-0.39, 0.29) is 6.10 Å². The van der Waals surface area contributed by atoms with Gasteiger partial charge >= 0.3 is 0 Å². The topological polar surface area (TPSA) is 23.5 Å². The van der Waals surface area contributed by atoms with E-state index in [9.17, 15) is 5.11 Å². The van der Waals surface area contributed by atoms with Gasteiger partial charge in [0.1, 0.15) is 0 Å². The van der Waals surface area contributed by atoms with Gasteiger partial charge in [0.2, 0.25) is 0 Å². The molecule has 1 saturated carbocycles. The molecule has 0 aromatic rings. The summed E-state index contributed by atoms with van der Waals surface area (Å²) >= 11 is 0. The average molecular weight is 255 g/mol. The van der Waals surface area contributed by atoms with E-state index in [4.69, 9.17) is 0 Å². The number of hydrogen-bond acceptors (Lipinski definition) is 2. The largest absolute Gasteiger partial charge is 0.392 e. The van der Waals surface area contributed by atoms with Gasteiger partial charge < -0.3 is 5.11 Å². The second-order valence-corrected chi connectivity index (χ2v) is 6.57. The third kappa shape index (κ3) is 5.27. The van der Waals surface area contributed by atoms with Crippen LogP contribution in [0.4, 0.5) is 0 Å². The van der Waals surface area contributed by atoms with Crippen molar-refractivity contribution >= 4 is 0 Å². The van der Waals surface area contributed by atoms with E-state index in [2.05, 4.69) is 32.6 Å². The van der Waals surface area contributed by atoms with Gasteiger partial charge in [-0.25, -0.2) is 0 Å². The second kappa shape index (κ2) is 8.16. The average Bonchev–Trinajstić information content (AvgIpc) is 2.86. The molecule has 1 fully saturated rings. The van der Waals surface area contributed by atoms with E-state index < -0.39 is 0 Å². The van der Waals surface area contributed by atoms with Crippen LogP contribution in [0.3, 0.4) is 0 Å². The van der Waals surface area contributed by atoms with Crippen molar-refractivity contribution in [2.75, 3.05) is 13.1 Å². The lowest BCUT2D eigenvalue weighted by Crippen LogP contribution is -2.42. The van der Waals surface area contributed by atoms with Crippen LogP contribution in [0.25, 0.3) is 0 Å². The molecule has 2 nitrogen and oxygen atoms in total. The SMILES string of the molecule is CCC(C)C(O)CN(CCC(C)C)C1CCCC1. The van der Waals surface area contributed by atoms with Crippen LogP contribution in [0.15, 0.2) is 0 Å². The molecule has 2 heteroatoms. The number of rotatable bonds is 8. The van der Waals surface area contributed by atoms with E-state index in [1.54, 1.807) is 0 Å². The van der Waals surface area contributed by atoms with Gasteiger partial charge in [0, 0.05) is 12.6 Å². The third-order valence-corrected chi connectivity index (χ3v) is 4.56. The number of aliphatic hydroxyl groups excluding tert-OH is 1. The van der Waals surface area contributed by atoms with E-state index in [1.807, 2.05) is 0 Å². The lowest BCUT2D eigenvalue weighted by Gasteiger charge is -2.33. The summed E-state index contributed by atoms with van der Waals surface area (Å²) in [4.78, 5) is 2.57. The van der Waals surface area contributed by atoms with Crippen molar-refractivity contribution in [2.24, 2.45) is 11.8 Å². The molecule has 0 saturated heterocycles. The van der Waals surface area contributed by atoms with Gasteiger partial charge in [-0.1, -0.05) is 47.0 Å². The van der Waals surface area contributed by atoms with E-state index >= 15 is 0 Å². The van der Waals surface area contributed by atoms with Crippen LogP contribution in [0, 0.1) is 11.8 Å². The Bertz CT molecular complexity index is 211. The summed E-state index contributed by atoms with van der Waals surface area (Å²) in [6.45, 7) is 11.0. The first-order chi connectivity index (χ1) is 8.54. The van der Waals surface area contributed by atoms with Gasteiger partial charge in [0.25, 0.3) is 0 Å². The zero-order chi connectivity index (χ0) is 13.5. The minimum Gasteiger partial charge on any atom is -0.392 e. The van der Waals surface area contributed by atoms with Crippen molar-refractivity contribution in [1.82, 2.24) is 4.90 Å². The van der Waals surface area contributed by atoms with Crippen molar-refractivity contribution in [3.63, 3.8) is 0 Å². The Balaban J connectivity index is 2.47.